The van der Waals surface area contributed by atoms with Gasteiger partial charge in [0.2, 0.25) is 5.91 Å². The molecule has 0 fully saturated rings. The fraction of sp³-hybridized carbons (Fsp3) is 0.385. The van der Waals surface area contributed by atoms with Gasteiger partial charge in [-0.3, -0.25) is 9.59 Å². The van der Waals surface area contributed by atoms with Gasteiger partial charge in [0.05, 0.1) is 12.5 Å². The number of nitrogens with two attached hydrogens (primary N) is 1. The van der Waals surface area contributed by atoms with Crippen LogP contribution in [-0.4, -0.2) is 30.7 Å². The van der Waals surface area contributed by atoms with Crippen LogP contribution in [0.25, 0.3) is 0 Å². The van der Waals surface area contributed by atoms with Gasteiger partial charge in [-0.15, -0.1) is 0 Å². The van der Waals surface area contributed by atoms with Gasteiger partial charge in [-0.05, 0) is 26.0 Å². The van der Waals surface area contributed by atoms with E-state index in [2.05, 4.69) is 0 Å². The van der Waals surface area contributed by atoms with Crippen molar-refractivity contribution in [2.75, 3.05) is 13.7 Å². The summed E-state index contributed by atoms with van der Waals surface area (Å²) >= 11 is 0. The van der Waals surface area contributed by atoms with Crippen LogP contribution < -0.4 is 15.2 Å². The number of primary amides is 1. The SMILES string of the molecule is COc1cc(OCC(C)(C)C(=O)O)cc(C(N)=O)c1. The Balaban J connectivity index is 2.92. The summed E-state index contributed by atoms with van der Waals surface area (Å²) in [5.41, 5.74) is 4.40. The molecule has 0 heterocycles. The molecule has 1 rings (SSSR count). The van der Waals surface area contributed by atoms with Crippen molar-refractivity contribution in [2.24, 2.45) is 11.1 Å². The topological polar surface area (TPSA) is 98.8 Å². The predicted octanol–water partition coefficient (Wildman–Crippen LogP) is 1.28. The van der Waals surface area contributed by atoms with Gasteiger partial charge in [-0.2, -0.15) is 0 Å². The number of carboxylic acid groups (broad SMARTS) is 1. The minimum atomic E-state index is -1.03. The highest BCUT2D eigenvalue weighted by Crippen LogP contribution is 2.25. The summed E-state index contributed by atoms with van der Waals surface area (Å²) in [5.74, 6) is -0.825. The van der Waals surface area contributed by atoms with Crippen molar-refractivity contribution in [1.29, 1.82) is 0 Å². The van der Waals surface area contributed by atoms with Crippen LogP contribution in [0.15, 0.2) is 18.2 Å². The number of hydrogen-bond donors (Lipinski definition) is 2. The van der Waals surface area contributed by atoms with Crippen LogP contribution in [0.3, 0.4) is 0 Å². The summed E-state index contributed by atoms with van der Waals surface area (Å²) < 4.78 is 10.4. The molecule has 19 heavy (non-hydrogen) atoms. The number of carbonyl (C=O) groups is 2. The number of carboxylic acids is 1. The number of amides is 1. The molecule has 0 aliphatic carbocycles. The van der Waals surface area contributed by atoms with Crippen molar-refractivity contribution in [1.82, 2.24) is 0 Å². The molecule has 6 heteroatoms. The van der Waals surface area contributed by atoms with Gasteiger partial charge in [-0.25, -0.2) is 0 Å². The van der Waals surface area contributed by atoms with Crippen LogP contribution in [0.2, 0.25) is 0 Å². The van der Waals surface area contributed by atoms with Gasteiger partial charge in [0.1, 0.15) is 18.1 Å². The lowest BCUT2D eigenvalue weighted by Gasteiger charge is -2.20. The van der Waals surface area contributed by atoms with E-state index in [1.165, 1.54) is 19.2 Å². The Hall–Kier alpha value is -2.24. The molecule has 6 nitrogen and oxygen atoms in total. The van der Waals surface area contributed by atoms with Crippen LogP contribution >= 0.6 is 0 Å². The first-order valence-corrected chi connectivity index (χ1v) is 5.61. The predicted molar refractivity (Wildman–Crippen MR) is 68.4 cm³/mol. The third kappa shape index (κ3) is 3.87. The first kappa shape index (κ1) is 14.8. The first-order chi connectivity index (χ1) is 8.76. The van der Waals surface area contributed by atoms with E-state index < -0.39 is 17.3 Å². The third-order valence-electron chi connectivity index (χ3n) is 2.58. The minimum Gasteiger partial charge on any atom is -0.497 e. The molecule has 0 aliphatic heterocycles. The Morgan fingerprint density at radius 1 is 1.26 bits per heavy atom. The molecule has 3 N–H and O–H groups in total. The van der Waals surface area contributed by atoms with Crippen LogP contribution in [0.4, 0.5) is 0 Å². The largest absolute Gasteiger partial charge is 0.497 e. The molecule has 0 saturated heterocycles. The summed E-state index contributed by atoms with van der Waals surface area (Å²) in [4.78, 5) is 22.1. The smallest absolute Gasteiger partial charge is 0.312 e. The first-order valence-electron chi connectivity index (χ1n) is 5.61. The van der Waals surface area contributed by atoms with Gasteiger partial charge in [0.25, 0.3) is 0 Å². The zero-order valence-corrected chi connectivity index (χ0v) is 11.1. The second kappa shape index (κ2) is 5.60. The molecule has 1 amide bonds. The fourth-order valence-electron chi connectivity index (χ4n) is 1.24. The summed E-state index contributed by atoms with van der Waals surface area (Å²) in [6, 6.07) is 4.49. The zero-order valence-electron chi connectivity index (χ0n) is 11.1. The lowest BCUT2D eigenvalue weighted by Crippen LogP contribution is -2.30. The average Bonchev–Trinajstić information content (AvgIpc) is 2.35. The maximum atomic E-state index is 11.1. The maximum Gasteiger partial charge on any atom is 0.312 e. The molecule has 1 aromatic rings. The Labute approximate surface area is 111 Å². The molecule has 0 radical (unpaired) electrons. The van der Waals surface area contributed by atoms with Gasteiger partial charge in [0, 0.05) is 11.6 Å². The molecule has 0 aromatic heterocycles. The molecule has 104 valence electrons. The molecule has 0 aliphatic rings. The Morgan fingerprint density at radius 3 is 2.32 bits per heavy atom. The molecule has 0 bridgehead atoms. The summed E-state index contributed by atoms with van der Waals surface area (Å²) in [5, 5.41) is 8.98. The van der Waals surface area contributed by atoms with Crippen molar-refractivity contribution in [3.8, 4) is 11.5 Å². The second-order valence-electron chi connectivity index (χ2n) is 4.74. The minimum absolute atomic E-state index is 0.0340. The maximum absolute atomic E-state index is 11.1. The number of methoxy groups -OCH3 is 1. The molecular formula is C13H17NO5. The Bertz CT molecular complexity index is 496. The van der Waals surface area contributed by atoms with Crippen molar-refractivity contribution in [3.63, 3.8) is 0 Å². The van der Waals surface area contributed by atoms with E-state index in [9.17, 15) is 9.59 Å². The highest BCUT2D eigenvalue weighted by Gasteiger charge is 2.28. The molecule has 1 aromatic carbocycles. The van der Waals surface area contributed by atoms with Gasteiger partial charge in [0.15, 0.2) is 0 Å². The van der Waals surface area contributed by atoms with E-state index in [1.54, 1.807) is 19.9 Å². The van der Waals surface area contributed by atoms with E-state index in [-0.39, 0.29) is 12.2 Å². The van der Waals surface area contributed by atoms with Crippen LogP contribution in [0, 0.1) is 5.41 Å². The van der Waals surface area contributed by atoms with E-state index >= 15 is 0 Å². The Kier molecular flexibility index (Phi) is 4.37. The molecule has 0 atom stereocenters. The number of rotatable bonds is 6. The standard InChI is InChI=1S/C13H17NO5/c1-13(2,12(16)17)7-19-10-5-8(11(14)15)4-9(6-10)18-3/h4-6H,7H2,1-3H3,(H2,14,15)(H,16,17). The van der Waals surface area contributed by atoms with Gasteiger partial charge < -0.3 is 20.3 Å². The number of ether oxygens (including phenoxy) is 2. The van der Waals surface area contributed by atoms with E-state index in [4.69, 9.17) is 20.3 Å². The quantitative estimate of drug-likeness (QED) is 0.809. The molecule has 0 saturated carbocycles. The van der Waals surface area contributed by atoms with E-state index in [1.807, 2.05) is 0 Å². The normalized spacial score (nSPS) is 10.9. The lowest BCUT2D eigenvalue weighted by molar-refractivity contribution is -0.148. The van der Waals surface area contributed by atoms with Gasteiger partial charge in [-0.1, -0.05) is 0 Å². The van der Waals surface area contributed by atoms with Gasteiger partial charge >= 0.3 is 5.97 Å². The lowest BCUT2D eigenvalue weighted by atomic mass is 9.95. The van der Waals surface area contributed by atoms with E-state index in [0.717, 1.165) is 0 Å². The van der Waals surface area contributed by atoms with Crippen LogP contribution in [0.1, 0.15) is 24.2 Å². The van der Waals surface area contributed by atoms with Crippen molar-refractivity contribution < 1.29 is 24.2 Å². The summed E-state index contributed by atoms with van der Waals surface area (Å²) in [6.45, 7) is 3.06. The van der Waals surface area contributed by atoms with Crippen molar-refractivity contribution >= 4 is 11.9 Å². The summed E-state index contributed by atoms with van der Waals surface area (Å²) in [7, 11) is 1.45. The summed E-state index contributed by atoms with van der Waals surface area (Å²) in [6.07, 6.45) is 0. The molecule has 0 unspecified atom stereocenters. The number of benzene rings is 1. The Morgan fingerprint density at radius 2 is 1.84 bits per heavy atom. The highest BCUT2D eigenvalue weighted by molar-refractivity contribution is 5.93. The molecular weight excluding hydrogens is 250 g/mol. The fourth-order valence-corrected chi connectivity index (χ4v) is 1.24. The molecule has 0 spiro atoms. The zero-order chi connectivity index (χ0) is 14.6. The number of hydrogen-bond acceptors (Lipinski definition) is 4. The highest BCUT2D eigenvalue weighted by atomic mass is 16.5. The number of carbonyl (C=O) groups excluding carboxylic acids is 1. The van der Waals surface area contributed by atoms with E-state index in [0.29, 0.717) is 11.5 Å². The van der Waals surface area contributed by atoms with Crippen molar-refractivity contribution in [2.45, 2.75) is 13.8 Å². The van der Waals surface area contributed by atoms with Crippen LogP contribution in [-0.2, 0) is 4.79 Å². The number of aliphatic carboxylic acids is 1. The second-order valence-corrected chi connectivity index (χ2v) is 4.74. The van der Waals surface area contributed by atoms with Crippen LogP contribution in [0.5, 0.6) is 11.5 Å². The monoisotopic (exact) mass is 267 g/mol. The van der Waals surface area contributed by atoms with Crippen molar-refractivity contribution in [3.05, 3.63) is 23.8 Å². The third-order valence-corrected chi connectivity index (χ3v) is 2.58. The average molecular weight is 267 g/mol.